The van der Waals surface area contributed by atoms with Crippen LogP contribution >= 0.6 is 11.6 Å². The first-order valence-corrected chi connectivity index (χ1v) is 10.5. The number of nitrogens with two attached hydrogens (primary N) is 1. The molecule has 1 aliphatic carbocycles. The van der Waals surface area contributed by atoms with Crippen LogP contribution in [-0.2, 0) is 0 Å². The van der Waals surface area contributed by atoms with Crippen LogP contribution in [0, 0.1) is 0 Å². The zero-order valence-corrected chi connectivity index (χ0v) is 17.1. The summed E-state index contributed by atoms with van der Waals surface area (Å²) in [7, 11) is 0. The normalized spacial score (nSPS) is 19.1. The number of rotatable bonds is 4. The molecule has 1 aliphatic rings. The van der Waals surface area contributed by atoms with Gasteiger partial charge in [0.15, 0.2) is 0 Å². The van der Waals surface area contributed by atoms with Crippen molar-refractivity contribution in [2.45, 2.75) is 37.8 Å². The third kappa shape index (κ3) is 3.74. The fraction of sp³-hybridized carbons (Fsp3) is 0.273. The molecule has 4 heterocycles. The van der Waals surface area contributed by atoms with E-state index >= 15 is 0 Å². The average molecular weight is 420 g/mol. The van der Waals surface area contributed by atoms with Gasteiger partial charge in [0.05, 0.1) is 23.1 Å². The van der Waals surface area contributed by atoms with Crippen molar-refractivity contribution in [3.05, 3.63) is 60.3 Å². The van der Waals surface area contributed by atoms with Crippen molar-refractivity contribution in [2.75, 3.05) is 5.32 Å². The maximum absolute atomic E-state index is 6.49. The number of anilines is 1. The Kier molecular flexibility index (Phi) is 5.06. The topological polar surface area (TPSA) is 94.0 Å². The molecule has 7 nitrogen and oxygen atoms in total. The maximum Gasteiger partial charge on any atom is 0.223 e. The molecule has 0 unspecified atom stereocenters. The van der Waals surface area contributed by atoms with Crippen molar-refractivity contribution in [3.8, 4) is 22.5 Å². The van der Waals surface area contributed by atoms with Crippen molar-refractivity contribution in [2.24, 2.45) is 5.73 Å². The number of fused-ring (bicyclic) bond motifs is 1. The van der Waals surface area contributed by atoms with Crippen LogP contribution in [0.3, 0.4) is 0 Å². The molecule has 0 spiro atoms. The Balaban J connectivity index is 1.50. The summed E-state index contributed by atoms with van der Waals surface area (Å²) in [5.41, 5.74) is 10.5. The fourth-order valence-corrected chi connectivity index (χ4v) is 4.12. The highest BCUT2D eigenvalue weighted by Gasteiger charge is 2.20. The number of halogens is 1. The number of nitrogens with zero attached hydrogens (tertiary/aromatic N) is 5. The van der Waals surface area contributed by atoms with E-state index in [0.717, 1.165) is 48.2 Å². The maximum atomic E-state index is 6.49. The molecule has 0 atom stereocenters. The number of hydrogen-bond acceptors (Lipinski definition) is 6. The smallest absolute Gasteiger partial charge is 0.223 e. The Hall–Kier alpha value is -3.03. The molecule has 3 N–H and O–H groups in total. The van der Waals surface area contributed by atoms with Crippen LogP contribution in [0.15, 0.2) is 55.2 Å². The number of pyridine rings is 2. The molecule has 4 aromatic heterocycles. The number of nitrogens with one attached hydrogen (secondary N) is 1. The minimum Gasteiger partial charge on any atom is -0.351 e. The summed E-state index contributed by atoms with van der Waals surface area (Å²) < 4.78 is 2.01. The molecule has 8 heteroatoms. The van der Waals surface area contributed by atoms with Gasteiger partial charge in [-0.1, -0.05) is 11.6 Å². The summed E-state index contributed by atoms with van der Waals surface area (Å²) in [6.07, 6.45) is 13.1. The Bertz CT molecular complexity index is 1170. The zero-order chi connectivity index (χ0) is 20.5. The highest BCUT2D eigenvalue weighted by Crippen LogP contribution is 2.29. The summed E-state index contributed by atoms with van der Waals surface area (Å²) in [6, 6.07) is 8.63. The number of imidazole rings is 1. The SMILES string of the molecule is NC1CCC(Nc2ncc(Cl)c(-c3cnc4ccc(-c5ccncc5)cn34)n2)CC1. The van der Waals surface area contributed by atoms with Gasteiger partial charge in [0.25, 0.3) is 0 Å². The molecule has 0 aromatic carbocycles. The number of hydrogen-bond donors (Lipinski definition) is 2. The molecule has 0 radical (unpaired) electrons. The van der Waals surface area contributed by atoms with E-state index in [0.29, 0.717) is 28.7 Å². The molecule has 0 aliphatic heterocycles. The van der Waals surface area contributed by atoms with Crippen LogP contribution in [0.4, 0.5) is 5.95 Å². The second-order valence-corrected chi connectivity index (χ2v) is 8.08. The predicted octanol–water partition coefficient (Wildman–Crippen LogP) is 4.19. The second-order valence-electron chi connectivity index (χ2n) is 7.67. The van der Waals surface area contributed by atoms with E-state index in [4.69, 9.17) is 22.3 Å². The first-order valence-electron chi connectivity index (χ1n) is 10.1. The van der Waals surface area contributed by atoms with Crippen molar-refractivity contribution < 1.29 is 0 Å². The molecule has 0 bridgehead atoms. The fourth-order valence-electron chi connectivity index (χ4n) is 3.93. The molecule has 5 rings (SSSR count). The van der Waals surface area contributed by atoms with Gasteiger partial charge >= 0.3 is 0 Å². The second kappa shape index (κ2) is 8.01. The summed E-state index contributed by atoms with van der Waals surface area (Å²) in [5, 5.41) is 3.93. The van der Waals surface area contributed by atoms with Crippen LogP contribution in [0.2, 0.25) is 5.02 Å². The van der Waals surface area contributed by atoms with Gasteiger partial charge in [-0.3, -0.25) is 9.38 Å². The van der Waals surface area contributed by atoms with E-state index in [2.05, 4.69) is 20.3 Å². The van der Waals surface area contributed by atoms with Gasteiger partial charge in [-0.2, -0.15) is 0 Å². The third-order valence-electron chi connectivity index (χ3n) is 5.61. The van der Waals surface area contributed by atoms with Crippen molar-refractivity contribution in [3.63, 3.8) is 0 Å². The van der Waals surface area contributed by atoms with Crippen molar-refractivity contribution in [1.82, 2.24) is 24.3 Å². The van der Waals surface area contributed by atoms with Crippen LogP contribution in [0.25, 0.3) is 28.2 Å². The first kappa shape index (κ1) is 19.0. The Morgan fingerprint density at radius 3 is 2.57 bits per heavy atom. The molecule has 0 amide bonds. The minimum absolute atomic E-state index is 0.303. The predicted molar refractivity (Wildman–Crippen MR) is 118 cm³/mol. The molecule has 0 saturated heterocycles. The molecular weight excluding hydrogens is 398 g/mol. The Morgan fingerprint density at radius 2 is 1.77 bits per heavy atom. The van der Waals surface area contributed by atoms with E-state index in [1.54, 1.807) is 24.8 Å². The van der Waals surface area contributed by atoms with Gasteiger partial charge < -0.3 is 11.1 Å². The highest BCUT2D eigenvalue weighted by molar-refractivity contribution is 6.32. The van der Waals surface area contributed by atoms with Crippen molar-refractivity contribution in [1.29, 1.82) is 0 Å². The Labute approximate surface area is 179 Å². The lowest BCUT2D eigenvalue weighted by molar-refractivity contribution is 0.410. The molecule has 4 aromatic rings. The van der Waals surface area contributed by atoms with Gasteiger partial charge in [-0.25, -0.2) is 15.0 Å². The monoisotopic (exact) mass is 419 g/mol. The molecular formula is C22H22ClN7. The largest absolute Gasteiger partial charge is 0.351 e. The Morgan fingerprint density at radius 1 is 0.967 bits per heavy atom. The van der Waals surface area contributed by atoms with Gasteiger partial charge in [0.1, 0.15) is 11.3 Å². The van der Waals surface area contributed by atoms with E-state index in [-0.39, 0.29) is 0 Å². The van der Waals surface area contributed by atoms with E-state index in [1.807, 2.05) is 34.9 Å². The number of aromatic nitrogens is 5. The minimum atomic E-state index is 0.303. The average Bonchev–Trinajstić information content (AvgIpc) is 3.20. The zero-order valence-electron chi connectivity index (χ0n) is 16.4. The molecule has 1 fully saturated rings. The van der Waals surface area contributed by atoms with Crippen molar-refractivity contribution >= 4 is 23.2 Å². The van der Waals surface area contributed by atoms with Crippen LogP contribution in [0.1, 0.15) is 25.7 Å². The highest BCUT2D eigenvalue weighted by atomic mass is 35.5. The third-order valence-corrected chi connectivity index (χ3v) is 5.89. The summed E-state index contributed by atoms with van der Waals surface area (Å²) in [5.74, 6) is 0.579. The first-order chi connectivity index (χ1) is 14.7. The van der Waals surface area contributed by atoms with Gasteiger partial charge in [0.2, 0.25) is 5.95 Å². The van der Waals surface area contributed by atoms with E-state index in [1.165, 1.54) is 0 Å². The molecule has 1 saturated carbocycles. The standard InChI is InChI=1S/C22H22ClN7/c23-18-11-27-22(28-17-4-2-16(24)3-5-17)29-21(18)19-12-26-20-6-1-15(13-30(19)20)14-7-9-25-10-8-14/h1,6-13,16-17H,2-5,24H2,(H,27,28,29). The van der Waals surface area contributed by atoms with Crippen LogP contribution in [-0.4, -0.2) is 36.4 Å². The van der Waals surface area contributed by atoms with Gasteiger partial charge in [-0.05, 0) is 61.1 Å². The summed E-state index contributed by atoms with van der Waals surface area (Å²) in [4.78, 5) is 17.7. The summed E-state index contributed by atoms with van der Waals surface area (Å²) >= 11 is 6.49. The van der Waals surface area contributed by atoms with E-state index in [9.17, 15) is 0 Å². The van der Waals surface area contributed by atoms with Crippen LogP contribution in [0.5, 0.6) is 0 Å². The van der Waals surface area contributed by atoms with Gasteiger partial charge in [0, 0.05) is 30.7 Å². The lowest BCUT2D eigenvalue weighted by atomic mass is 9.92. The molecule has 30 heavy (non-hydrogen) atoms. The van der Waals surface area contributed by atoms with E-state index < -0.39 is 0 Å². The quantitative estimate of drug-likeness (QED) is 0.515. The lowest BCUT2D eigenvalue weighted by Crippen LogP contribution is -2.33. The summed E-state index contributed by atoms with van der Waals surface area (Å²) in [6.45, 7) is 0. The van der Waals surface area contributed by atoms with Crippen LogP contribution < -0.4 is 11.1 Å². The van der Waals surface area contributed by atoms with Gasteiger partial charge in [-0.15, -0.1) is 0 Å². The molecule has 152 valence electrons. The lowest BCUT2D eigenvalue weighted by Gasteiger charge is -2.26.